The van der Waals surface area contributed by atoms with Gasteiger partial charge < -0.3 is 4.74 Å². The molecule has 1 aromatic rings. The van der Waals surface area contributed by atoms with Crippen LogP contribution < -0.4 is 9.75 Å². The molecule has 1 aromatic carbocycles. The Labute approximate surface area is 113 Å². The van der Waals surface area contributed by atoms with Gasteiger partial charge in [0.25, 0.3) is 5.91 Å². The molecule has 10 heteroatoms. The highest BCUT2D eigenvalue weighted by Gasteiger charge is 2.42. The summed E-state index contributed by atoms with van der Waals surface area (Å²) in [4.78, 5) is 11.4. The standard InChI is InChI=1S/C11H6F6N2O2/c12-10(13,14)8-5-9(20)19(18-8)6-1-3-7(4-2-6)21-11(15,16)17/h1-4H,5H2. The molecule has 0 saturated heterocycles. The zero-order valence-corrected chi connectivity index (χ0v) is 10.00. The Kier molecular flexibility index (Phi) is 3.56. The van der Waals surface area contributed by atoms with Crippen molar-refractivity contribution in [2.75, 3.05) is 5.01 Å². The number of hydrogen-bond acceptors (Lipinski definition) is 3. The lowest BCUT2D eigenvalue weighted by molar-refractivity contribution is -0.274. The highest BCUT2D eigenvalue weighted by molar-refractivity contribution is 6.14. The van der Waals surface area contributed by atoms with Crippen LogP contribution in [0.5, 0.6) is 5.75 Å². The number of ether oxygens (including phenoxy) is 1. The van der Waals surface area contributed by atoms with Gasteiger partial charge in [-0.3, -0.25) is 4.79 Å². The summed E-state index contributed by atoms with van der Waals surface area (Å²) in [5.41, 5.74) is -1.35. The second-order valence-corrected chi connectivity index (χ2v) is 3.97. The predicted molar refractivity (Wildman–Crippen MR) is 58.7 cm³/mol. The number of hydrazone groups is 1. The van der Waals surface area contributed by atoms with Crippen molar-refractivity contribution in [3.63, 3.8) is 0 Å². The van der Waals surface area contributed by atoms with Crippen LogP contribution in [-0.2, 0) is 4.79 Å². The number of alkyl halides is 6. The highest BCUT2D eigenvalue weighted by atomic mass is 19.4. The molecule has 0 spiro atoms. The van der Waals surface area contributed by atoms with Crippen molar-refractivity contribution < 1.29 is 35.9 Å². The molecular formula is C11H6F6N2O2. The van der Waals surface area contributed by atoms with E-state index in [9.17, 15) is 31.1 Å². The SMILES string of the molecule is O=C1CC(C(F)(F)F)=NN1c1ccc(OC(F)(F)F)cc1. The Hall–Kier alpha value is -2.26. The van der Waals surface area contributed by atoms with Crippen LogP contribution in [0.2, 0.25) is 0 Å². The lowest BCUT2D eigenvalue weighted by Crippen LogP contribution is -2.22. The van der Waals surface area contributed by atoms with E-state index in [1.165, 1.54) is 0 Å². The third-order valence-corrected chi connectivity index (χ3v) is 2.42. The van der Waals surface area contributed by atoms with E-state index in [0.29, 0.717) is 5.01 Å². The quantitative estimate of drug-likeness (QED) is 0.787. The van der Waals surface area contributed by atoms with Crippen molar-refractivity contribution in [2.45, 2.75) is 19.0 Å². The molecule has 0 aliphatic carbocycles. The smallest absolute Gasteiger partial charge is 0.406 e. The Bertz CT molecular complexity index is 576. The summed E-state index contributed by atoms with van der Waals surface area (Å²) in [5, 5.41) is 3.61. The Balaban J connectivity index is 2.19. The van der Waals surface area contributed by atoms with Crippen LogP contribution in [0, 0.1) is 0 Å². The van der Waals surface area contributed by atoms with Crippen molar-refractivity contribution in [1.29, 1.82) is 0 Å². The van der Waals surface area contributed by atoms with Crippen LogP contribution in [0.1, 0.15) is 6.42 Å². The van der Waals surface area contributed by atoms with Crippen LogP contribution in [0.3, 0.4) is 0 Å². The molecule has 0 radical (unpaired) electrons. The maximum Gasteiger partial charge on any atom is 0.573 e. The lowest BCUT2D eigenvalue weighted by Gasteiger charge is -2.13. The summed E-state index contributed by atoms with van der Waals surface area (Å²) in [6, 6.07) is 3.75. The van der Waals surface area contributed by atoms with Gasteiger partial charge in [0.1, 0.15) is 5.75 Å². The Morgan fingerprint density at radius 1 is 1.05 bits per heavy atom. The number of halogens is 6. The number of anilines is 1. The molecule has 0 unspecified atom stereocenters. The molecule has 21 heavy (non-hydrogen) atoms. The molecule has 1 amide bonds. The summed E-state index contributed by atoms with van der Waals surface area (Å²) in [5.74, 6) is -1.48. The van der Waals surface area contributed by atoms with Crippen molar-refractivity contribution in [1.82, 2.24) is 0 Å². The lowest BCUT2D eigenvalue weighted by atomic mass is 10.2. The summed E-state index contributed by atoms with van der Waals surface area (Å²) < 4.78 is 76.7. The van der Waals surface area contributed by atoms with Crippen LogP contribution in [-0.4, -0.2) is 24.2 Å². The molecule has 1 aliphatic rings. The molecule has 1 aliphatic heterocycles. The highest BCUT2D eigenvalue weighted by Crippen LogP contribution is 2.30. The zero-order valence-electron chi connectivity index (χ0n) is 10.00. The summed E-state index contributed by atoms with van der Waals surface area (Å²) >= 11 is 0. The number of benzene rings is 1. The van der Waals surface area contributed by atoms with Gasteiger partial charge in [-0.1, -0.05) is 0 Å². The van der Waals surface area contributed by atoms with E-state index in [2.05, 4.69) is 9.84 Å². The van der Waals surface area contributed by atoms with E-state index in [1.54, 1.807) is 0 Å². The first-order valence-corrected chi connectivity index (χ1v) is 5.40. The van der Waals surface area contributed by atoms with E-state index in [-0.39, 0.29) is 5.69 Å². The van der Waals surface area contributed by atoms with Gasteiger partial charge in [0, 0.05) is 0 Å². The summed E-state index contributed by atoms with van der Waals surface area (Å²) in [6.45, 7) is 0. The molecule has 114 valence electrons. The number of rotatable bonds is 2. The minimum atomic E-state index is -4.88. The number of carbonyl (C=O) groups is 1. The second kappa shape index (κ2) is 4.93. The summed E-state index contributed by atoms with van der Waals surface area (Å²) in [7, 11) is 0. The number of carbonyl (C=O) groups excluding carboxylic acids is 1. The predicted octanol–water partition coefficient (Wildman–Crippen LogP) is 3.24. The number of amides is 1. The fraction of sp³-hybridized carbons (Fsp3) is 0.273. The molecule has 0 fully saturated rings. The van der Waals surface area contributed by atoms with Crippen LogP contribution in [0.15, 0.2) is 29.4 Å². The molecule has 0 aromatic heterocycles. The molecule has 2 rings (SSSR count). The van der Waals surface area contributed by atoms with E-state index in [0.717, 1.165) is 24.3 Å². The molecule has 4 nitrogen and oxygen atoms in total. The average molecular weight is 312 g/mol. The maximum atomic E-state index is 12.4. The number of hydrogen-bond donors (Lipinski definition) is 0. The van der Waals surface area contributed by atoms with Crippen molar-refractivity contribution in [2.24, 2.45) is 5.10 Å². The topological polar surface area (TPSA) is 41.9 Å². The normalized spacial score (nSPS) is 16.2. The average Bonchev–Trinajstić information content (AvgIpc) is 2.70. The second-order valence-electron chi connectivity index (χ2n) is 3.97. The van der Waals surface area contributed by atoms with Crippen LogP contribution >= 0.6 is 0 Å². The molecular weight excluding hydrogens is 306 g/mol. The van der Waals surface area contributed by atoms with Crippen LogP contribution in [0.25, 0.3) is 0 Å². The van der Waals surface area contributed by atoms with E-state index in [1.807, 2.05) is 0 Å². The van der Waals surface area contributed by atoms with E-state index < -0.39 is 36.3 Å². The monoisotopic (exact) mass is 312 g/mol. The van der Waals surface area contributed by atoms with Crippen molar-refractivity contribution in [3.05, 3.63) is 24.3 Å². The van der Waals surface area contributed by atoms with E-state index >= 15 is 0 Å². The minimum absolute atomic E-state index is 0.0891. The molecule has 1 heterocycles. The molecule has 0 bridgehead atoms. The van der Waals surface area contributed by atoms with Gasteiger partial charge in [-0.05, 0) is 24.3 Å². The number of nitrogens with zero attached hydrogens (tertiary/aromatic N) is 2. The Morgan fingerprint density at radius 3 is 2.05 bits per heavy atom. The fourth-order valence-corrected chi connectivity index (χ4v) is 1.58. The van der Waals surface area contributed by atoms with Gasteiger partial charge in [-0.2, -0.15) is 18.3 Å². The zero-order chi connectivity index (χ0) is 15.8. The van der Waals surface area contributed by atoms with Crippen molar-refractivity contribution >= 4 is 17.3 Å². The summed E-state index contributed by atoms with van der Waals surface area (Å²) in [6.07, 6.45) is -10.5. The van der Waals surface area contributed by atoms with Gasteiger partial charge >= 0.3 is 12.5 Å². The van der Waals surface area contributed by atoms with Gasteiger partial charge in [0.15, 0.2) is 5.71 Å². The minimum Gasteiger partial charge on any atom is -0.406 e. The fourth-order valence-electron chi connectivity index (χ4n) is 1.58. The third kappa shape index (κ3) is 3.64. The first-order chi connectivity index (χ1) is 9.56. The van der Waals surface area contributed by atoms with Crippen LogP contribution in [0.4, 0.5) is 32.0 Å². The molecule has 0 saturated carbocycles. The molecule has 0 N–H and O–H groups in total. The van der Waals surface area contributed by atoms with Gasteiger partial charge in [0.05, 0.1) is 12.1 Å². The first kappa shape index (κ1) is 15.1. The van der Waals surface area contributed by atoms with Gasteiger partial charge in [0.2, 0.25) is 0 Å². The van der Waals surface area contributed by atoms with Gasteiger partial charge in [-0.25, -0.2) is 5.01 Å². The maximum absolute atomic E-state index is 12.4. The molecule has 0 atom stereocenters. The first-order valence-electron chi connectivity index (χ1n) is 5.40. The Morgan fingerprint density at radius 2 is 1.62 bits per heavy atom. The largest absolute Gasteiger partial charge is 0.573 e. The van der Waals surface area contributed by atoms with E-state index in [4.69, 9.17) is 0 Å². The third-order valence-electron chi connectivity index (χ3n) is 2.42. The van der Waals surface area contributed by atoms with Gasteiger partial charge in [-0.15, -0.1) is 13.2 Å². The van der Waals surface area contributed by atoms with Crippen molar-refractivity contribution in [3.8, 4) is 5.75 Å².